The zero-order valence-electron chi connectivity index (χ0n) is 17.7. The second kappa shape index (κ2) is 8.76. The molecule has 2 heterocycles. The number of rotatable bonds is 5. The summed E-state index contributed by atoms with van der Waals surface area (Å²) in [6.45, 7) is 4.08. The SMILES string of the molecule is CC1CCC2(CC1)NC(=O)N(NC(=O)CN1CCC(Cc3ccccc3)CC1)C2=O. The van der Waals surface area contributed by atoms with Crippen molar-refractivity contribution >= 4 is 17.8 Å². The van der Waals surface area contributed by atoms with Crippen molar-refractivity contribution in [2.24, 2.45) is 11.8 Å². The summed E-state index contributed by atoms with van der Waals surface area (Å²) in [7, 11) is 0. The van der Waals surface area contributed by atoms with E-state index in [-0.39, 0.29) is 18.4 Å². The lowest BCUT2D eigenvalue weighted by atomic mass is 9.77. The molecular formula is C23H32N4O3. The molecule has 0 bridgehead atoms. The first-order valence-corrected chi connectivity index (χ1v) is 11.2. The molecule has 1 aliphatic carbocycles. The average Bonchev–Trinajstić information content (AvgIpc) is 2.97. The molecule has 7 nitrogen and oxygen atoms in total. The number of hydrogen-bond acceptors (Lipinski definition) is 4. The molecule has 3 aliphatic rings. The van der Waals surface area contributed by atoms with Crippen LogP contribution in [0.15, 0.2) is 30.3 Å². The van der Waals surface area contributed by atoms with E-state index in [9.17, 15) is 14.4 Å². The number of nitrogens with one attached hydrogen (secondary N) is 2. The Hall–Kier alpha value is -2.41. The maximum absolute atomic E-state index is 12.9. The van der Waals surface area contributed by atoms with Crippen LogP contribution < -0.4 is 10.7 Å². The first kappa shape index (κ1) is 20.8. The standard InChI is InChI=1S/C23H32N4O3/c1-17-7-11-23(12-8-17)21(29)27(22(30)24-23)25-20(28)16-26-13-9-19(10-14-26)15-18-5-3-2-4-6-18/h2-6,17,19H,7-16H2,1H3,(H,24,30)(H,25,28). The number of urea groups is 1. The van der Waals surface area contributed by atoms with E-state index in [1.54, 1.807) is 0 Å². The summed E-state index contributed by atoms with van der Waals surface area (Å²) >= 11 is 0. The van der Waals surface area contributed by atoms with E-state index in [1.165, 1.54) is 5.56 Å². The van der Waals surface area contributed by atoms with Crippen LogP contribution >= 0.6 is 0 Å². The van der Waals surface area contributed by atoms with Crippen LogP contribution in [0.1, 0.15) is 51.0 Å². The number of piperidine rings is 1. The summed E-state index contributed by atoms with van der Waals surface area (Å²) < 4.78 is 0. The number of carbonyl (C=O) groups is 3. The number of carbonyl (C=O) groups excluding carboxylic acids is 3. The van der Waals surface area contributed by atoms with Crippen LogP contribution in [0, 0.1) is 11.8 Å². The molecule has 1 aromatic carbocycles. The van der Waals surface area contributed by atoms with Gasteiger partial charge in [0.2, 0.25) is 0 Å². The van der Waals surface area contributed by atoms with Gasteiger partial charge in [-0.25, -0.2) is 4.79 Å². The molecular weight excluding hydrogens is 380 g/mol. The van der Waals surface area contributed by atoms with Crippen molar-refractivity contribution in [3.8, 4) is 0 Å². The summed E-state index contributed by atoms with van der Waals surface area (Å²) in [6, 6.07) is 10.00. The molecule has 30 heavy (non-hydrogen) atoms. The zero-order chi connectivity index (χ0) is 21.1. The number of amides is 4. The first-order valence-electron chi connectivity index (χ1n) is 11.2. The highest BCUT2D eigenvalue weighted by molar-refractivity contribution is 6.08. The second-order valence-electron chi connectivity index (χ2n) is 9.28. The van der Waals surface area contributed by atoms with Gasteiger partial charge >= 0.3 is 6.03 Å². The minimum atomic E-state index is -0.827. The minimum Gasteiger partial charge on any atom is -0.322 e. The second-order valence-corrected chi connectivity index (χ2v) is 9.28. The lowest BCUT2D eigenvalue weighted by molar-refractivity contribution is -0.140. The van der Waals surface area contributed by atoms with Gasteiger partial charge in [-0.2, -0.15) is 5.01 Å². The normalized spacial score (nSPS) is 28.0. The maximum Gasteiger partial charge on any atom is 0.344 e. The number of likely N-dealkylation sites (tertiary alicyclic amines) is 1. The van der Waals surface area contributed by atoms with Crippen molar-refractivity contribution in [3.05, 3.63) is 35.9 Å². The van der Waals surface area contributed by atoms with Gasteiger partial charge < -0.3 is 5.32 Å². The van der Waals surface area contributed by atoms with Crippen molar-refractivity contribution in [3.63, 3.8) is 0 Å². The monoisotopic (exact) mass is 412 g/mol. The van der Waals surface area contributed by atoms with E-state index in [4.69, 9.17) is 0 Å². The fourth-order valence-electron chi connectivity index (χ4n) is 4.97. The van der Waals surface area contributed by atoms with Crippen molar-refractivity contribution in [1.82, 2.24) is 20.7 Å². The van der Waals surface area contributed by atoms with Crippen molar-refractivity contribution in [2.45, 2.75) is 57.4 Å². The van der Waals surface area contributed by atoms with Gasteiger partial charge in [-0.3, -0.25) is 19.9 Å². The van der Waals surface area contributed by atoms with E-state index in [2.05, 4.69) is 46.8 Å². The third-order valence-corrected chi connectivity index (χ3v) is 6.97. The summed E-state index contributed by atoms with van der Waals surface area (Å²) in [5.74, 6) is 0.579. The smallest absolute Gasteiger partial charge is 0.322 e. The largest absolute Gasteiger partial charge is 0.344 e. The molecule has 4 rings (SSSR count). The highest BCUT2D eigenvalue weighted by Gasteiger charge is 2.52. The number of nitrogens with zero attached hydrogens (tertiary/aromatic N) is 2. The Labute approximate surface area is 178 Å². The van der Waals surface area contributed by atoms with E-state index < -0.39 is 11.6 Å². The van der Waals surface area contributed by atoms with Crippen LogP contribution in [0.5, 0.6) is 0 Å². The van der Waals surface area contributed by atoms with Gasteiger partial charge in [0.15, 0.2) is 0 Å². The van der Waals surface area contributed by atoms with Gasteiger partial charge in [-0.15, -0.1) is 0 Å². The fraction of sp³-hybridized carbons (Fsp3) is 0.609. The van der Waals surface area contributed by atoms with E-state index in [0.717, 1.165) is 50.2 Å². The van der Waals surface area contributed by atoms with Crippen LogP contribution in [0.2, 0.25) is 0 Å². The lowest BCUT2D eigenvalue weighted by Crippen LogP contribution is -2.53. The lowest BCUT2D eigenvalue weighted by Gasteiger charge is -2.33. The van der Waals surface area contributed by atoms with Crippen LogP contribution in [0.4, 0.5) is 4.79 Å². The number of imide groups is 1. The summed E-state index contributed by atoms with van der Waals surface area (Å²) in [5.41, 5.74) is 3.08. The molecule has 1 aromatic rings. The predicted octanol–water partition coefficient (Wildman–Crippen LogP) is 2.47. The molecule has 1 spiro atoms. The summed E-state index contributed by atoms with van der Waals surface area (Å²) in [4.78, 5) is 39.8. The molecule has 4 amide bonds. The van der Waals surface area contributed by atoms with E-state index in [0.29, 0.717) is 24.7 Å². The maximum atomic E-state index is 12.9. The van der Waals surface area contributed by atoms with Gasteiger partial charge in [0.25, 0.3) is 11.8 Å². The Morgan fingerprint density at radius 3 is 2.43 bits per heavy atom. The molecule has 2 aliphatic heterocycles. The molecule has 0 radical (unpaired) electrons. The Balaban J connectivity index is 1.24. The third-order valence-electron chi connectivity index (χ3n) is 6.97. The van der Waals surface area contributed by atoms with E-state index in [1.807, 2.05) is 6.07 Å². The highest BCUT2D eigenvalue weighted by Crippen LogP contribution is 2.35. The Kier molecular flexibility index (Phi) is 6.09. The molecule has 3 fully saturated rings. The van der Waals surface area contributed by atoms with E-state index >= 15 is 0 Å². The minimum absolute atomic E-state index is 0.207. The van der Waals surface area contributed by atoms with Crippen LogP contribution in [-0.2, 0) is 16.0 Å². The molecule has 2 N–H and O–H groups in total. The van der Waals surface area contributed by atoms with Crippen LogP contribution in [-0.4, -0.2) is 52.9 Å². The third kappa shape index (κ3) is 4.51. The number of benzene rings is 1. The molecule has 0 unspecified atom stereocenters. The molecule has 2 saturated heterocycles. The Bertz CT molecular complexity index is 781. The van der Waals surface area contributed by atoms with Crippen molar-refractivity contribution in [2.75, 3.05) is 19.6 Å². The average molecular weight is 413 g/mol. The highest BCUT2D eigenvalue weighted by atomic mass is 16.2. The van der Waals surface area contributed by atoms with Crippen LogP contribution in [0.25, 0.3) is 0 Å². The van der Waals surface area contributed by atoms with Crippen molar-refractivity contribution in [1.29, 1.82) is 0 Å². The van der Waals surface area contributed by atoms with Gasteiger partial charge in [0.1, 0.15) is 5.54 Å². The topological polar surface area (TPSA) is 81.8 Å². The summed E-state index contributed by atoms with van der Waals surface area (Å²) in [5, 5.41) is 3.74. The fourth-order valence-corrected chi connectivity index (χ4v) is 4.97. The zero-order valence-corrected chi connectivity index (χ0v) is 17.7. The molecule has 7 heteroatoms. The Morgan fingerprint density at radius 1 is 1.10 bits per heavy atom. The molecule has 162 valence electrons. The van der Waals surface area contributed by atoms with Crippen LogP contribution in [0.3, 0.4) is 0 Å². The Morgan fingerprint density at radius 2 is 1.77 bits per heavy atom. The predicted molar refractivity (Wildman–Crippen MR) is 113 cm³/mol. The number of hydrazine groups is 1. The van der Waals surface area contributed by atoms with Gasteiger partial charge in [-0.1, -0.05) is 37.3 Å². The summed E-state index contributed by atoms with van der Waals surface area (Å²) in [6.07, 6.45) is 6.26. The molecule has 0 aromatic heterocycles. The number of hydrogen-bond donors (Lipinski definition) is 2. The van der Waals surface area contributed by atoms with Gasteiger partial charge in [0, 0.05) is 0 Å². The van der Waals surface area contributed by atoms with Gasteiger partial charge in [0.05, 0.1) is 6.54 Å². The molecule has 0 atom stereocenters. The molecule has 1 saturated carbocycles. The quantitative estimate of drug-likeness (QED) is 0.728. The van der Waals surface area contributed by atoms with Crippen molar-refractivity contribution < 1.29 is 14.4 Å². The first-order chi connectivity index (χ1) is 14.4. The van der Waals surface area contributed by atoms with Gasteiger partial charge in [-0.05, 0) is 75.4 Å².